The molecule has 0 saturated carbocycles. The molecule has 18 nitrogen and oxygen atoms in total. The van der Waals surface area contributed by atoms with Crippen LogP contribution in [-0.4, -0.2) is 72.9 Å². The highest BCUT2D eigenvalue weighted by atomic mass is 31.3. The fourth-order valence-electron chi connectivity index (χ4n) is 3.50. The molecule has 1 aliphatic rings. The number of fused-ring (bicyclic) bond motifs is 1. The van der Waals surface area contributed by atoms with Crippen molar-refractivity contribution in [1.29, 1.82) is 0 Å². The van der Waals surface area contributed by atoms with Gasteiger partial charge in [-0.3, -0.25) is 4.52 Å². The lowest BCUT2D eigenvalue weighted by atomic mass is 10.2. The Labute approximate surface area is 221 Å². The van der Waals surface area contributed by atoms with E-state index in [1.807, 2.05) is 0 Å². The zero-order valence-corrected chi connectivity index (χ0v) is 22.7. The van der Waals surface area contributed by atoms with Crippen LogP contribution in [0.1, 0.15) is 18.2 Å². The molecule has 1 saturated heterocycles. The van der Waals surface area contributed by atoms with E-state index in [1.54, 1.807) is 10.8 Å². The molecule has 5 atom stereocenters. The molecule has 0 spiro atoms. The van der Waals surface area contributed by atoms with Crippen LogP contribution in [0.2, 0.25) is 0 Å². The Morgan fingerprint density at radius 1 is 1.21 bits per heavy atom. The van der Waals surface area contributed by atoms with E-state index < -0.39 is 48.5 Å². The number of nitrogens with two attached hydrogens (primary N) is 2. The number of anilines is 1. The standard InChI is InChI=1S/C18H26N5O13P3/c1-2-6-31-11-32-13-7-15(23-8-12(4-3-5-19)16-17(20)21-10-22-18(16)23)34-14(13)9-33-38(27,28)36-39(29,30)35-37(24,25)26/h2,8,10,13-15H,1,5-7,9,11,19H2,(H,27,28)(H,29,30)(H2,20,21,22)(H2,24,25,26)/t13-,14-,15?/m1/s1. The van der Waals surface area contributed by atoms with Gasteiger partial charge in [0.2, 0.25) is 0 Å². The van der Waals surface area contributed by atoms with E-state index in [2.05, 4.69) is 37.0 Å². The van der Waals surface area contributed by atoms with Gasteiger partial charge in [-0.25, -0.2) is 23.7 Å². The summed E-state index contributed by atoms with van der Waals surface area (Å²) < 4.78 is 65.3. The first-order valence-electron chi connectivity index (χ1n) is 10.8. The molecule has 1 aliphatic heterocycles. The van der Waals surface area contributed by atoms with Crippen LogP contribution in [-0.2, 0) is 41.1 Å². The van der Waals surface area contributed by atoms with Crippen LogP contribution in [0.5, 0.6) is 0 Å². The lowest BCUT2D eigenvalue weighted by Crippen LogP contribution is -2.29. The topological polar surface area (TPSA) is 270 Å². The molecule has 216 valence electrons. The Hall–Kier alpha value is -2.03. The van der Waals surface area contributed by atoms with Crippen molar-refractivity contribution in [1.82, 2.24) is 14.5 Å². The number of hydrogen-bond acceptors (Lipinski definition) is 13. The highest BCUT2D eigenvalue weighted by Gasteiger charge is 2.43. The largest absolute Gasteiger partial charge is 0.490 e. The average molecular weight is 613 g/mol. The number of nitrogens with zero attached hydrogens (tertiary/aromatic N) is 3. The Morgan fingerprint density at radius 3 is 2.62 bits per heavy atom. The summed E-state index contributed by atoms with van der Waals surface area (Å²) in [5.41, 5.74) is 12.3. The van der Waals surface area contributed by atoms with Gasteiger partial charge in [-0.15, -0.1) is 6.58 Å². The molecule has 0 amide bonds. The molecule has 3 unspecified atom stereocenters. The summed E-state index contributed by atoms with van der Waals surface area (Å²) in [6.07, 6.45) is 1.79. The van der Waals surface area contributed by atoms with E-state index in [0.29, 0.717) is 16.6 Å². The third-order valence-corrected chi connectivity index (χ3v) is 8.68. The number of rotatable bonds is 13. The van der Waals surface area contributed by atoms with E-state index in [9.17, 15) is 23.5 Å². The van der Waals surface area contributed by atoms with Crippen LogP contribution in [0.15, 0.2) is 25.2 Å². The van der Waals surface area contributed by atoms with Gasteiger partial charge in [0.1, 0.15) is 36.9 Å². The molecular formula is C18H26N5O13P3. The van der Waals surface area contributed by atoms with Crippen LogP contribution < -0.4 is 11.5 Å². The zero-order valence-electron chi connectivity index (χ0n) is 20.0. The van der Waals surface area contributed by atoms with E-state index in [1.165, 1.54) is 12.4 Å². The van der Waals surface area contributed by atoms with Crippen molar-refractivity contribution in [2.24, 2.45) is 5.73 Å². The number of aromatic nitrogens is 3. The van der Waals surface area contributed by atoms with Crippen molar-refractivity contribution in [3.8, 4) is 11.8 Å². The first kappa shape index (κ1) is 31.5. The number of phosphoric acid groups is 3. The van der Waals surface area contributed by atoms with Crippen molar-refractivity contribution in [2.45, 2.75) is 24.9 Å². The number of phosphoric ester groups is 1. The Morgan fingerprint density at radius 2 is 1.95 bits per heavy atom. The number of nitrogen functional groups attached to an aromatic ring is 1. The highest BCUT2D eigenvalue weighted by molar-refractivity contribution is 7.66. The van der Waals surface area contributed by atoms with Gasteiger partial charge in [0.25, 0.3) is 0 Å². The molecule has 0 radical (unpaired) electrons. The first-order valence-corrected chi connectivity index (χ1v) is 15.3. The second-order valence-electron chi connectivity index (χ2n) is 7.65. The Balaban J connectivity index is 1.82. The van der Waals surface area contributed by atoms with Crippen LogP contribution in [0.25, 0.3) is 11.0 Å². The van der Waals surface area contributed by atoms with Crippen molar-refractivity contribution < 1.29 is 60.6 Å². The van der Waals surface area contributed by atoms with Gasteiger partial charge in [-0.05, 0) is 0 Å². The van der Waals surface area contributed by atoms with Crippen molar-refractivity contribution in [2.75, 3.05) is 32.3 Å². The van der Waals surface area contributed by atoms with Crippen molar-refractivity contribution >= 4 is 40.3 Å². The van der Waals surface area contributed by atoms with Gasteiger partial charge in [-0.1, -0.05) is 17.9 Å². The summed E-state index contributed by atoms with van der Waals surface area (Å²) in [7, 11) is -16.6. The minimum atomic E-state index is -5.69. The highest BCUT2D eigenvalue weighted by Crippen LogP contribution is 2.66. The smallest absolute Gasteiger partial charge is 0.383 e. The van der Waals surface area contributed by atoms with Crippen LogP contribution in [0, 0.1) is 11.8 Å². The van der Waals surface area contributed by atoms with Gasteiger partial charge in [0.05, 0.1) is 36.8 Å². The van der Waals surface area contributed by atoms with Crippen LogP contribution in [0.4, 0.5) is 5.82 Å². The van der Waals surface area contributed by atoms with Gasteiger partial charge in [0.15, 0.2) is 0 Å². The summed E-state index contributed by atoms with van der Waals surface area (Å²) in [6.45, 7) is 2.83. The SMILES string of the molecule is C=CCOCO[C@@H]1CC(n2cc(C#CCN)c3c(N)ncnc32)O[C@@H]1COP(=O)(O)OP(=O)(O)OP(=O)(O)O. The quantitative estimate of drug-likeness (QED) is 0.0590. The Bertz CT molecular complexity index is 1390. The van der Waals surface area contributed by atoms with Crippen LogP contribution >= 0.6 is 23.5 Å². The predicted octanol–water partition coefficient (Wildman–Crippen LogP) is 0.500. The molecule has 39 heavy (non-hydrogen) atoms. The minimum absolute atomic E-state index is 0.0868. The molecule has 8 N–H and O–H groups in total. The molecule has 2 aromatic rings. The molecule has 0 bridgehead atoms. The molecular weight excluding hydrogens is 587 g/mol. The van der Waals surface area contributed by atoms with Gasteiger partial charge in [0, 0.05) is 12.6 Å². The van der Waals surface area contributed by atoms with E-state index in [4.69, 9.17) is 40.0 Å². The molecule has 3 rings (SSSR count). The number of ether oxygens (including phenoxy) is 3. The summed E-state index contributed by atoms with van der Waals surface area (Å²) in [5, 5.41) is 0.450. The molecule has 21 heteroatoms. The molecule has 0 aromatic carbocycles. The van der Waals surface area contributed by atoms with Gasteiger partial charge < -0.3 is 49.8 Å². The molecule has 0 aliphatic carbocycles. The van der Waals surface area contributed by atoms with Crippen molar-refractivity contribution in [3.63, 3.8) is 0 Å². The first-order chi connectivity index (χ1) is 18.3. The van der Waals surface area contributed by atoms with E-state index >= 15 is 0 Å². The maximum atomic E-state index is 12.2. The number of hydrogen-bond donors (Lipinski definition) is 6. The van der Waals surface area contributed by atoms with Crippen LogP contribution in [0.3, 0.4) is 0 Å². The molecule has 2 aromatic heterocycles. The normalized spacial score (nSPS) is 22.6. The lowest BCUT2D eigenvalue weighted by molar-refractivity contribution is -0.112. The van der Waals surface area contributed by atoms with Crippen molar-refractivity contribution in [3.05, 3.63) is 30.7 Å². The lowest BCUT2D eigenvalue weighted by Gasteiger charge is -2.21. The molecule has 3 heterocycles. The Kier molecular flexibility index (Phi) is 10.6. The minimum Gasteiger partial charge on any atom is -0.383 e. The third-order valence-electron chi connectivity index (χ3n) is 4.87. The summed E-state index contributed by atoms with van der Waals surface area (Å²) in [5.74, 6) is 5.77. The van der Waals surface area contributed by atoms with Gasteiger partial charge >= 0.3 is 23.5 Å². The maximum Gasteiger partial charge on any atom is 0.490 e. The fraction of sp³-hybridized carbons (Fsp3) is 0.444. The molecule has 1 fully saturated rings. The average Bonchev–Trinajstić information content (AvgIpc) is 3.39. The third kappa shape index (κ3) is 8.98. The second-order valence-corrected chi connectivity index (χ2v) is 12.1. The maximum absolute atomic E-state index is 12.2. The summed E-state index contributed by atoms with van der Waals surface area (Å²) >= 11 is 0. The second kappa shape index (κ2) is 13.1. The van der Waals surface area contributed by atoms with Gasteiger partial charge in [-0.2, -0.15) is 8.62 Å². The monoisotopic (exact) mass is 613 g/mol. The summed E-state index contributed by atoms with van der Waals surface area (Å²) in [6, 6.07) is 0. The summed E-state index contributed by atoms with van der Waals surface area (Å²) in [4.78, 5) is 44.7. The zero-order chi connectivity index (χ0) is 28.8. The predicted molar refractivity (Wildman–Crippen MR) is 132 cm³/mol. The van der Waals surface area contributed by atoms with E-state index in [0.717, 1.165) is 0 Å². The van der Waals surface area contributed by atoms with E-state index in [-0.39, 0.29) is 32.2 Å². The fourth-order valence-corrected chi connectivity index (χ4v) is 6.53.